The number of aryl methyl sites for hydroxylation is 3. The van der Waals surface area contributed by atoms with Crippen molar-refractivity contribution >= 4 is 5.78 Å². The molecule has 98 heavy (non-hydrogen) atoms. The summed E-state index contributed by atoms with van der Waals surface area (Å²) in [5.41, 5.74) is 14.7. The number of aromatic nitrogens is 5. The van der Waals surface area contributed by atoms with Gasteiger partial charge in [-0.2, -0.15) is 0 Å². The summed E-state index contributed by atoms with van der Waals surface area (Å²) in [4.78, 5) is 33.2. The van der Waals surface area contributed by atoms with E-state index in [-0.39, 0.29) is 143 Å². The van der Waals surface area contributed by atoms with Crippen molar-refractivity contribution in [3.8, 4) is 89.7 Å². The van der Waals surface area contributed by atoms with Crippen molar-refractivity contribution in [3.63, 3.8) is 0 Å². The van der Waals surface area contributed by atoms with Gasteiger partial charge >= 0.3 is 0 Å². The van der Waals surface area contributed by atoms with Crippen LogP contribution in [0.15, 0.2) is 303 Å². The number of benzene rings is 8. The maximum absolute atomic E-state index is 13.0. The molecule has 7 nitrogen and oxygen atoms in total. The van der Waals surface area contributed by atoms with Crippen LogP contribution in [0.25, 0.3) is 89.7 Å². The van der Waals surface area contributed by atoms with Crippen molar-refractivity contribution in [2.45, 2.75) is 62.3 Å². The number of rotatable bonds is 9. The van der Waals surface area contributed by atoms with Gasteiger partial charge in [-0.15, -0.1) is 179 Å². The third kappa shape index (κ3) is 24.9. The monoisotopic (exact) mass is 1830 g/mol. The van der Waals surface area contributed by atoms with Crippen LogP contribution in [0.2, 0.25) is 0 Å². The smallest absolute Gasteiger partial charge is 0.164 e. The van der Waals surface area contributed by atoms with Crippen molar-refractivity contribution in [3.05, 3.63) is 356 Å². The van der Waals surface area contributed by atoms with Crippen LogP contribution in [0, 0.1) is 67.8 Å². The van der Waals surface area contributed by atoms with E-state index in [0.717, 1.165) is 72.8 Å². The summed E-state index contributed by atoms with van der Waals surface area (Å²) in [5.74, 6) is -0.123. The summed E-state index contributed by atoms with van der Waals surface area (Å²) in [6.45, 7) is 17.0. The Morgan fingerprint density at radius 3 is 1.21 bits per heavy atom. The van der Waals surface area contributed by atoms with Crippen LogP contribution < -0.4 is 0 Å². The third-order valence-electron chi connectivity index (χ3n) is 14.1. The van der Waals surface area contributed by atoms with E-state index in [9.17, 15) is 14.3 Å². The first-order chi connectivity index (χ1) is 50.0. The average Bonchev–Trinajstić information content (AvgIpc) is 0.769. The molecule has 0 amide bonds. The van der Waals surface area contributed by atoms with Crippen LogP contribution >= 0.6 is 0 Å². The van der Waals surface area contributed by atoms with Gasteiger partial charge in [0.1, 0.15) is 11.6 Å². The van der Waals surface area contributed by atoms with Crippen molar-refractivity contribution in [2.24, 2.45) is 10.8 Å². The number of pyridine rings is 5. The van der Waals surface area contributed by atoms with E-state index in [4.69, 9.17) is 13.7 Å². The van der Waals surface area contributed by atoms with Crippen LogP contribution in [0.1, 0.15) is 71.9 Å². The molecular weight excluding hydrogens is 1740 g/mol. The van der Waals surface area contributed by atoms with Crippen molar-refractivity contribution in [1.29, 1.82) is 0 Å². The maximum atomic E-state index is 13.0. The number of aliphatic hydroxyl groups excluding tert-OH is 1. The Hall–Kier alpha value is -9.40. The van der Waals surface area contributed by atoms with E-state index in [1.54, 1.807) is 48.8 Å². The predicted molar refractivity (Wildman–Crippen MR) is 388 cm³/mol. The molecule has 13 rings (SSSR count). The Morgan fingerprint density at radius 2 is 0.816 bits per heavy atom. The second-order valence-corrected chi connectivity index (χ2v) is 23.4. The summed E-state index contributed by atoms with van der Waals surface area (Å²) in [7, 11) is 0. The summed E-state index contributed by atoms with van der Waals surface area (Å²) in [6.07, 6.45) is 9.83. The van der Waals surface area contributed by atoms with Gasteiger partial charge < -0.3 is 30.0 Å². The van der Waals surface area contributed by atoms with Gasteiger partial charge in [0, 0.05) is 119 Å². The molecule has 0 aliphatic carbocycles. The molecule has 0 unspecified atom stereocenters. The largest absolute Gasteiger partial charge is 0.512 e. The summed E-state index contributed by atoms with van der Waals surface area (Å²) in [5, 5.41) is 9.56. The molecule has 13 aromatic rings. The molecule has 0 saturated heterocycles. The topological polar surface area (TPSA) is 102 Å². The molecular formula is C87H77FIr3N5O2-5. The van der Waals surface area contributed by atoms with Crippen molar-refractivity contribution in [1.82, 2.24) is 24.9 Å². The molecule has 5 aromatic heterocycles. The molecule has 0 bridgehead atoms. The molecule has 0 fully saturated rings. The Labute approximate surface area is 633 Å². The minimum atomic E-state index is -0.417. The van der Waals surface area contributed by atoms with Gasteiger partial charge in [-0.05, 0) is 107 Å². The minimum absolute atomic E-state index is 0. The zero-order chi connectivity index (χ0) is 76.1. The molecule has 3 radical (unpaired) electrons. The van der Waals surface area contributed by atoms with Gasteiger partial charge in [0.05, 0.1) is 13.7 Å². The molecule has 11 heteroatoms. The van der Waals surface area contributed by atoms with E-state index in [1.165, 1.54) is 30.0 Å². The molecule has 1 N–H and O–H groups in total. The van der Waals surface area contributed by atoms with Gasteiger partial charge in [0.2, 0.25) is 0 Å². The van der Waals surface area contributed by atoms with E-state index < -0.39 is 17.5 Å². The Bertz CT molecular complexity index is 5000. The standard InChI is InChI=1S/C18H13FN.C18H14N.C17H12N.C12H10N.C11H8N.C11H20O2.3Ir/c1-13-11-18(15-5-3-2-4-6-15)20-12-17(13)14-7-9-16(19)10-8-14;1-14-12-18(16-10-6-3-7-11-16)19-13-17(14)15-8-4-2-5-9-15;1-3-7-14(8-4-1)16-11-12-17(18-13-16)15-9-5-2-6-10-15;1-10-6-5-9-13-12(10)11-7-3-2-4-8-11;1-2-6-10(7-3-1)11-8-4-5-9-12-11;1-10(2,3)8(12)7-9(13)11(4,5)6;;;/h2-5,7-12H,1H3;2-10,12-13H,1H3;1-9,11-13H;2-7,9H,1H3;1-6,8-9H;7,12H,1-6H3;;;/q5*-1;;;;/i;2D,4D,5D,8D,9D;1D,3D,4D,7D,8D;;;;;;. The number of nitrogens with zero attached hydrogens (tertiary/aromatic N) is 5. The summed E-state index contributed by atoms with van der Waals surface area (Å²) in [6, 6.07) is 74.6. The second kappa shape index (κ2) is 40.3. The van der Waals surface area contributed by atoms with Gasteiger partial charge in [-0.3, -0.25) is 4.79 Å². The van der Waals surface area contributed by atoms with E-state index >= 15 is 0 Å². The van der Waals surface area contributed by atoms with Crippen LogP contribution in [0.4, 0.5) is 4.39 Å². The number of hydrogen-bond acceptors (Lipinski definition) is 7. The van der Waals surface area contributed by atoms with E-state index in [1.807, 2.05) is 213 Å². The molecule has 0 aliphatic rings. The number of carbonyl (C=O) groups is 1. The van der Waals surface area contributed by atoms with Crippen molar-refractivity contribution in [2.75, 3.05) is 0 Å². The summed E-state index contributed by atoms with van der Waals surface area (Å²) < 4.78 is 91.5. The zero-order valence-corrected chi connectivity index (χ0v) is 62.7. The second-order valence-electron chi connectivity index (χ2n) is 23.4. The Kier molecular flexibility index (Phi) is 26.6. The first-order valence-electron chi connectivity index (χ1n) is 35.5. The molecule has 0 aliphatic heterocycles. The van der Waals surface area contributed by atoms with Crippen LogP contribution in [0.5, 0.6) is 0 Å². The van der Waals surface area contributed by atoms with Gasteiger partial charge in [-0.25, -0.2) is 4.39 Å². The zero-order valence-electron chi connectivity index (χ0n) is 65.5. The minimum Gasteiger partial charge on any atom is -0.512 e. The molecule has 0 spiro atoms. The predicted octanol–water partition coefficient (Wildman–Crippen LogP) is 21.9. The average molecular weight is 1830 g/mol. The van der Waals surface area contributed by atoms with E-state index in [2.05, 4.69) is 68.2 Å². The van der Waals surface area contributed by atoms with Crippen LogP contribution in [0.3, 0.4) is 0 Å². The van der Waals surface area contributed by atoms with Gasteiger partial charge in [0.25, 0.3) is 0 Å². The first-order valence-corrected chi connectivity index (χ1v) is 30.5. The van der Waals surface area contributed by atoms with Crippen molar-refractivity contribution < 1.29 is 88.3 Å². The number of carbonyl (C=O) groups excluding carboxylic acids is 1. The fourth-order valence-electron chi connectivity index (χ4n) is 8.68. The number of aliphatic hydroxyl groups is 1. The molecule has 501 valence electrons. The Balaban J connectivity index is 0.000000236. The maximum Gasteiger partial charge on any atom is 0.164 e. The molecule has 8 aromatic carbocycles. The normalized spacial score (nSPS) is 11.9. The Morgan fingerprint density at radius 1 is 0.408 bits per heavy atom. The first kappa shape index (κ1) is 64.6. The molecule has 0 saturated carbocycles. The number of allylic oxidation sites excluding steroid dienone is 2. The van der Waals surface area contributed by atoms with Crippen LogP contribution in [-0.2, 0) is 65.1 Å². The third-order valence-corrected chi connectivity index (χ3v) is 14.1. The number of hydrogen-bond donors (Lipinski definition) is 1. The SMILES string of the molecule is CC(C)(C)C(=O)C=C(O)C(C)(C)C.Cc1cc(-c2[c-]cccc2)ncc1-c1ccc(F)cc1.Cc1cccnc1-c1[c-]cccc1.[2H]c1c([2H])c([2H])c(-c2ccc(-c3[c-]cccc3)nc2)c([2H])c1[2H].[2H]c1c([2H])c([2H])c(-c2cnc(-c3[c-]cccc3)cc2C)c([2H])c1[2H].[Ir].[Ir].[Ir].[c-]1ccccc1-c1ccccn1. The molecule has 5 heterocycles. The van der Waals surface area contributed by atoms with Gasteiger partial charge in [-0.1, -0.05) is 162 Å². The van der Waals surface area contributed by atoms with E-state index in [0.29, 0.717) is 16.8 Å². The molecule has 0 atom stereocenters. The summed E-state index contributed by atoms with van der Waals surface area (Å²) >= 11 is 0. The fraction of sp³-hybridized carbons (Fsp3) is 0.126. The number of ketones is 1. The quantitative estimate of drug-likeness (QED) is 0.0872. The number of halogens is 1. The fourth-order valence-corrected chi connectivity index (χ4v) is 8.68. The van der Waals surface area contributed by atoms with Crippen LogP contribution in [-0.4, -0.2) is 35.8 Å². The van der Waals surface area contributed by atoms with Gasteiger partial charge in [0.15, 0.2) is 5.78 Å².